The van der Waals surface area contributed by atoms with Crippen LogP contribution in [0.25, 0.3) is 10.9 Å². The van der Waals surface area contributed by atoms with Gasteiger partial charge in [-0.1, -0.05) is 39.0 Å². The van der Waals surface area contributed by atoms with E-state index in [0.717, 1.165) is 48.8 Å². The molecule has 2 aromatic rings. The molecule has 1 unspecified atom stereocenters. The Morgan fingerprint density at radius 1 is 1.26 bits per heavy atom. The Bertz CT molecular complexity index is 836. The lowest BCUT2D eigenvalue weighted by atomic mass is 9.75. The number of carbonyl (C=O) groups is 2. The molecule has 0 bridgehead atoms. The molecule has 1 saturated heterocycles. The molecule has 1 fully saturated rings. The molecule has 1 aromatic carbocycles. The molecule has 1 aliphatic rings. The molecule has 3 rings (SSSR count). The number of nitrogens with zero attached hydrogens (tertiary/aromatic N) is 2. The Hall–Kier alpha value is -2.63. The number of fused-ring (bicyclic) bond motifs is 1. The van der Waals surface area contributed by atoms with Crippen LogP contribution in [-0.2, 0) is 0 Å². The molecule has 144 valence electrons. The second kappa shape index (κ2) is 7.55. The number of nitrogens with one attached hydrogen (secondary N) is 1. The van der Waals surface area contributed by atoms with Gasteiger partial charge in [-0.15, -0.1) is 0 Å². The SMILES string of the molecule is CC(C)(C)C(NC(=O)O)C1CCN(c2cccc3ccc(C=O)nc23)CC1. The predicted molar refractivity (Wildman–Crippen MR) is 106 cm³/mol. The minimum absolute atomic E-state index is 0.0792. The second-order valence-electron chi connectivity index (χ2n) is 8.32. The monoisotopic (exact) mass is 369 g/mol. The molecule has 1 amide bonds. The minimum Gasteiger partial charge on any atom is -0.465 e. The number of aromatic nitrogens is 1. The lowest BCUT2D eigenvalue weighted by molar-refractivity contribution is 0.111. The first-order valence-electron chi connectivity index (χ1n) is 9.39. The molecule has 0 spiro atoms. The summed E-state index contributed by atoms with van der Waals surface area (Å²) in [5.41, 5.74) is 2.18. The molecular weight excluding hydrogens is 342 g/mol. The van der Waals surface area contributed by atoms with Crippen molar-refractivity contribution in [1.82, 2.24) is 10.3 Å². The van der Waals surface area contributed by atoms with Gasteiger partial charge in [-0.3, -0.25) is 4.79 Å². The summed E-state index contributed by atoms with van der Waals surface area (Å²) in [6.45, 7) is 7.91. The lowest BCUT2D eigenvalue weighted by Gasteiger charge is -2.42. The quantitative estimate of drug-likeness (QED) is 0.798. The maximum absolute atomic E-state index is 11.2. The lowest BCUT2D eigenvalue weighted by Crippen LogP contribution is -2.51. The largest absolute Gasteiger partial charge is 0.465 e. The standard InChI is InChI=1S/C21H27N3O3/c1-21(2,3)19(23-20(26)27)15-9-11-24(12-10-15)17-6-4-5-14-7-8-16(13-25)22-18(14)17/h4-8,13,15,19,23H,9-12H2,1-3H3,(H,26,27). The Morgan fingerprint density at radius 2 is 1.96 bits per heavy atom. The van der Waals surface area contributed by atoms with E-state index in [0.29, 0.717) is 11.6 Å². The number of aldehydes is 1. The molecule has 1 aliphatic heterocycles. The van der Waals surface area contributed by atoms with Crippen LogP contribution >= 0.6 is 0 Å². The van der Waals surface area contributed by atoms with Gasteiger partial charge in [0.15, 0.2) is 6.29 Å². The van der Waals surface area contributed by atoms with E-state index in [1.54, 1.807) is 6.07 Å². The van der Waals surface area contributed by atoms with Gasteiger partial charge in [-0.25, -0.2) is 9.78 Å². The van der Waals surface area contributed by atoms with E-state index in [4.69, 9.17) is 0 Å². The van der Waals surface area contributed by atoms with Crippen LogP contribution in [0.5, 0.6) is 0 Å². The van der Waals surface area contributed by atoms with Gasteiger partial charge in [0.1, 0.15) is 5.69 Å². The number of para-hydroxylation sites is 1. The summed E-state index contributed by atoms with van der Waals surface area (Å²) < 4.78 is 0. The molecule has 0 radical (unpaired) electrons. The summed E-state index contributed by atoms with van der Waals surface area (Å²) in [5, 5.41) is 13.0. The highest BCUT2D eigenvalue weighted by molar-refractivity contribution is 5.92. The Balaban J connectivity index is 1.80. The number of carboxylic acid groups (broad SMARTS) is 1. The molecule has 2 heterocycles. The smallest absolute Gasteiger partial charge is 0.404 e. The Labute approximate surface area is 159 Å². The van der Waals surface area contributed by atoms with Gasteiger partial charge in [0.25, 0.3) is 0 Å². The highest BCUT2D eigenvalue weighted by Gasteiger charge is 2.35. The number of hydrogen-bond donors (Lipinski definition) is 2. The van der Waals surface area contributed by atoms with E-state index >= 15 is 0 Å². The number of rotatable bonds is 4. The van der Waals surface area contributed by atoms with E-state index in [1.165, 1.54) is 0 Å². The van der Waals surface area contributed by atoms with Crippen molar-refractivity contribution in [3.63, 3.8) is 0 Å². The molecule has 6 heteroatoms. The van der Waals surface area contributed by atoms with Gasteiger partial charge >= 0.3 is 6.09 Å². The number of pyridine rings is 1. The highest BCUT2D eigenvalue weighted by Crippen LogP contribution is 2.34. The zero-order valence-electron chi connectivity index (χ0n) is 16.1. The van der Waals surface area contributed by atoms with E-state index in [9.17, 15) is 14.7 Å². The maximum Gasteiger partial charge on any atom is 0.404 e. The Kier molecular flexibility index (Phi) is 5.35. The van der Waals surface area contributed by atoms with Crippen molar-refractivity contribution in [3.05, 3.63) is 36.0 Å². The summed E-state index contributed by atoms with van der Waals surface area (Å²) in [6, 6.07) is 9.63. The summed E-state index contributed by atoms with van der Waals surface area (Å²) >= 11 is 0. The van der Waals surface area contributed by atoms with E-state index in [1.807, 2.05) is 24.3 Å². The first-order chi connectivity index (χ1) is 12.8. The van der Waals surface area contributed by atoms with E-state index < -0.39 is 6.09 Å². The number of anilines is 1. The third kappa shape index (κ3) is 4.21. The summed E-state index contributed by atoms with van der Waals surface area (Å²) in [5.74, 6) is 0.297. The Morgan fingerprint density at radius 3 is 2.56 bits per heavy atom. The fraction of sp³-hybridized carbons (Fsp3) is 0.476. The predicted octanol–water partition coefficient (Wildman–Crippen LogP) is 3.95. The molecule has 1 aromatic heterocycles. The topological polar surface area (TPSA) is 82.5 Å². The van der Waals surface area contributed by atoms with E-state index in [-0.39, 0.29) is 11.5 Å². The number of amides is 1. The van der Waals surface area contributed by atoms with Crippen molar-refractivity contribution < 1.29 is 14.7 Å². The first kappa shape index (κ1) is 19.1. The third-order valence-corrected chi connectivity index (χ3v) is 5.40. The molecular formula is C21H27N3O3. The minimum atomic E-state index is -0.961. The third-order valence-electron chi connectivity index (χ3n) is 5.40. The van der Waals surface area contributed by atoms with Crippen molar-refractivity contribution >= 4 is 29.0 Å². The summed E-state index contributed by atoms with van der Waals surface area (Å²) in [6.07, 6.45) is 1.63. The van der Waals surface area contributed by atoms with Gasteiger partial charge in [-0.05, 0) is 36.3 Å². The average molecular weight is 369 g/mol. The maximum atomic E-state index is 11.2. The van der Waals surface area contributed by atoms with Crippen LogP contribution in [-0.4, -0.2) is 41.6 Å². The van der Waals surface area contributed by atoms with Gasteiger partial charge < -0.3 is 15.3 Å². The van der Waals surface area contributed by atoms with Crippen molar-refractivity contribution in [3.8, 4) is 0 Å². The van der Waals surface area contributed by atoms with Crippen molar-refractivity contribution in [2.45, 2.75) is 39.7 Å². The van der Waals surface area contributed by atoms with Crippen molar-refractivity contribution in [1.29, 1.82) is 0 Å². The number of benzene rings is 1. The molecule has 27 heavy (non-hydrogen) atoms. The molecule has 1 atom stereocenters. The molecule has 6 nitrogen and oxygen atoms in total. The fourth-order valence-corrected chi connectivity index (χ4v) is 4.12. The average Bonchev–Trinajstić information content (AvgIpc) is 2.64. The van der Waals surface area contributed by atoms with Crippen LogP contribution in [0.3, 0.4) is 0 Å². The number of carbonyl (C=O) groups excluding carboxylic acids is 1. The van der Waals surface area contributed by atoms with Crippen LogP contribution in [0.15, 0.2) is 30.3 Å². The van der Waals surface area contributed by atoms with E-state index in [2.05, 4.69) is 36.0 Å². The first-order valence-corrected chi connectivity index (χ1v) is 9.39. The zero-order chi connectivity index (χ0) is 19.6. The van der Waals surface area contributed by atoms with Gasteiger partial charge in [0.05, 0.1) is 11.2 Å². The number of piperidine rings is 1. The second-order valence-corrected chi connectivity index (χ2v) is 8.32. The van der Waals surface area contributed by atoms with Crippen LogP contribution in [0.4, 0.5) is 10.5 Å². The van der Waals surface area contributed by atoms with Gasteiger partial charge in [0.2, 0.25) is 0 Å². The summed E-state index contributed by atoms with van der Waals surface area (Å²) in [4.78, 5) is 29.1. The van der Waals surface area contributed by atoms with Crippen molar-refractivity contribution in [2.75, 3.05) is 18.0 Å². The van der Waals surface area contributed by atoms with Crippen molar-refractivity contribution in [2.24, 2.45) is 11.3 Å². The number of hydrogen-bond acceptors (Lipinski definition) is 4. The van der Waals surface area contributed by atoms with Crippen LogP contribution in [0.2, 0.25) is 0 Å². The molecule has 2 N–H and O–H groups in total. The fourth-order valence-electron chi connectivity index (χ4n) is 4.12. The zero-order valence-corrected chi connectivity index (χ0v) is 16.1. The van der Waals surface area contributed by atoms with Gasteiger partial charge in [0, 0.05) is 24.5 Å². The molecule has 0 saturated carbocycles. The highest BCUT2D eigenvalue weighted by atomic mass is 16.4. The van der Waals surface area contributed by atoms with Crippen LogP contribution < -0.4 is 10.2 Å². The summed E-state index contributed by atoms with van der Waals surface area (Å²) in [7, 11) is 0. The molecule has 0 aliphatic carbocycles. The van der Waals surface area contributed by atoms with Crippen LogP contribution in [0, 0.1) is 11.3 Å². The normalized spacial score (nSPS) is 16.9. The van der Waals surface area contributed by atoms with Crippen LogP contribution in [0.1, 0.15) is 44.1 Å². The van der Waals surface area contributed by atoms with Gasteiger partial charge in [-0.2, -0.15) is 0 Å².